The molecule has 1 rings (SSSR count). The Morgan fingerprint density at radius 3 is 2.75 bits per heavy atom. The van der Waals surface area contributed by atoms with E-state index in [1.165, 1.54) is 3.58 Å². The molecule has 0 atom stereocenters. The van der Waals surface area contributed by atoms with Crippen LogP contribution in [0.25, 0.3) is 0 Å². The molecule has 44 valence electrons. The van der Waals surface area contributed by atoms with Crippen molar-refractivity contribution in [1.29, 1.82) is 0 Å². The van der Waals surface area contributed by atoms with Crippen LogP contribution in [-0.2, 0) is 0 Å². The predicted octanol–water partition coefficient (Wildman–Crippen LogP) is 3.22. The van der Waals surface area contributed by atoms with E-state index in [0.29, 0.717) is 0 Å². The Labute approximate surface area is 67.7 Å². The van der Waals surface area contributed by atoms with Gasteiger partial charge in [-0.25, -0.2) is 0 Å². The van der Waals surface area contributed by atoms with Gasteiger partial charge in [-0.05, 0) is 41.5 Å². The lowest BCUT2D eigenvalue weighted by Gasteiger charge is -2.02. The molecule has 0 aromatic rings. The van der Waals surface area contributed by atoms with Crippen molar-refractivity contribution in [2.75, 3.05) is 0 Å². The molecule has 0 aliphatic heterocycles. The second-order valence-corrected chi connectivity index (χ2v) is 3.40. The Morgan fingerprint density at radius 2 is 2.38 bits per heavy atom. The lowest BCUT2D eigenvalue weighted by molar-refractivity contribution is 1.02. The first-order valence-electron chi connectivity index (χ1n) is 2.51. The summed E-state index contributed by atoms with van der Waals surface area (Å²) < 4.78 is 1.28. The van der Waals surface area contributed by atoms with E-state index in [1.807, 2.05) is 6.08 Å². The van der Waals surface area contributed by atoms with Crippen molar-refractivity contribution in [1.82, 2.24) is 0 Å². The van der Waals surface area contributed by atoms with Gasteiger partial charge in [0.2, 0.25) is 0 Å². The molecule has 0 aromatic carbocycles. The maximum absolute atomic E-state index is 5.75. The van der Waals surface area contributed by atoms with Crippen LogP contribution in [0, 0.1) is 0 Å². The van der Waals surface area contributed by atoms with Crippen molar-refractivity contribution in [2.24, 2.45) is 0 Å². The van der Waals surface area contributed by atoms with Crippen LogP contribution in [-0.4, -0.2) is 0 Å². The smallest absolute Gasteiger partial charge is 0.0495 e. The third-order valence-corrected chi connectivity index (χ3v) is 2.85. The molecule has 8 heavy (non-hydrogen) atoms. The fraction of sp³-hybridized carbons (Fsp3) is 0.333. The molecule has 0 nitrogen and oxygen atoms in total. The summed E-state index contributed by atoms with van der Waals surface area (Å²) in [5.74, 6) is 0. The number of hydrogen-bond acceptors (Lipinski definition) is 0. The monoisotopic (exact) mass is 240 g/mol. The van der Waals surface area contributed by atoms with Crippen molar-refractivity contribution in [3.63, 3.8) is 0 Å². The second kappa shape index (κ2) is 2.87. The third-order valence-electron chi connectivity index (χ3n) is 1.05. The maximum Gasteiger partial charge on any atom is 0.0495 e. The average Bonchev–Trinajstić information content (AvgIpc) is 1.77. The second-order valence-electron chi connectivity index (χ2n) is 1.69. The van der Waals surface area contributed by atoms with Gasteiger partial charge in [-0.1, -0.05) is 17.7 Å². The minimum atomic E-state index is 0.914. The highest BCUT2D eigenvalue weighted by atomic mass is 127. The topological polar surface area (TPSA) is 0 Å². The summed E-state index contributed by atoms with van der Waals surface area (Å²) in [6.45, 7) is 0. The molecule has 0 heterocycles. The van der Waals surface area contributed by atoms with Gasteiger partial charge in [-0.15, -0.1) is 0 Å². The van der Waals surface area contributed by atoms with Crippen LogP contribution in [0.4, 0.5) is 0 Å². The van der Waals surface area contributed by atoms with Gasteiger partial charge in [-0.2, -0.15) is 0 Å². The van der Waals surface area contributed by atoms with E-state index in [4.69, 9.17) is 11.6 Å². The Bertz CT molecular complexity index is 147. The van der Waals surface area contributed by atoms with Crippen LogP contribution in [0.1, 0.15) is 12.8 Å². The fourth-order valence-electron chi connectivity index (χ4n) is 0.607. The van der Waals surface area contributed by atoms with E-state index in [9.17, 15) is 0 Å². The molecule has 0 saturated carbocycles. The molecule has 1 aliphatic rings. The van der Waals surface area contributed by atoms with Crippen molar-refractivity contribution in [3.8, 4) is 0 Å². The minimum Gasteiger partial charge on any atom is -0.0836 e. The molecule has 0 aromatic heterocycles. The molecule has 2 heteroatoms. The Hall–Kier alpha value is 0.500. The maximum atomic E-state index is 5.75. The van der Waals surface area contributed by atoms with E-state index >= 15 is 0 Å². The Balaban J connectivity index is 2.76. The van der Waals surface area contributed by atoms with Crippen molar-refractivity contribution >= 4 is 34.2 Å². The quantitative estimate of drug-likeness (QED) is 0.570. The SMILES string of the molecule is ClC1=C(I)CCC=C1. The molecule has 0 N–H and O–H groups in total. The Morgan fingerprint density at radius 1 is 1.62 bits per heavy atom. The van der Waals surface area contributed by atoms with Crippen LogP contribution in [0.5, 0.6) is 0 Å². The first kappa shape index (κ1) is 6.62. The van der Waals surface area contributed by atoms with Crippen LogP contribution < -0.4 is 0 Å². The molecule has 0 unspecified atom stereocenters. The first-order chi connectivity index (χ1) is 3.80. The van der Waals surface area contributed by atoms with Gasteiger partial charge >= 0.3 is 0 Å². The number of hydrogen-bond donors (Lipinski definition) is 0. The zero-order valence-corrected chi connectivity index (χ0v) is 7.24. The van der Waals surface area contributed by atoms with Gasteiger partial charge in [0.05, 0.1) is 0 Å². The van der Waals surface area contributed by atoms with Gasteiger partial charge in [0, 0.05) is 8.61 Å². The van der Waals surface area contributed by atoms with Crippen molar-refractivity contribution in [3.05, 3.63) is 20.8 Å². The summed E-state index contributed by atoms with van der Waals surface area (Å²) in [4.78, 5) is 0. The van der Waals surface area contributed by atoms with E-state index in [0.717, 1.165) is 17.9 Å². The summed E-state index contributed by atoms with van der Waals surface area (Å²) in [5, 5.41) is 0.914. The largest absolute Gasteiger partial charge is 0.0836 e. The molecule has 0 spiro atoms. The minimum absolute atomic E-state index is 0.914. The molecular weight excluding hydrogens is 234 g/mol. The van der Waals surface area contributed by atoms with Crippen LogP contribution >= 0.6 is 34.2 Å². The lowest BCUT2D eigenvalue weighted by atomic mass is 10.2. The summed E-state index contributed by atoms with van der Waals surface area (Å²) in [6, 6.07) is 0. The highest BCUT2D eigenvalue weighted by Gasteiger charge is 2.00. The van der Waals surface area contributed by atoms with Crippen molar-refractivity contribution < 1.29 is 0 Å². The standard InChI is InChI=1S/C6H6ClI/c7-5-3-1-2-4-6(5)8/h1,3H,2,4H2. The molecular formula is C6H6ClI. The molecule has 1 aliphatic carbocycles. The number of allylic oxidation sites excluding steroid dienone is 4. The summed E-state index contributed by atoms with van der Waals surface area (Å²) >= 11 is 8.03. The van der Waals surface area contributed by atoms with Gasteiger partial charge in [0.15, 0.2) is 0 Å². The predicted molar refractivity (Wildman–Crippen MR) is 45.3 cm³/mol. The van der Waals surface area contributed by atoms with Crippen LogP contribution in [0.15, 0.2) is 20.8 Å². The van der Waals surface area contributed by atoms with E-state index in [1.54, 1.807) is 0 Å². The molecule has 0 fully saturated rings. The van der Waals surface area contributed by atoms with E-state index in [2.05, 4.69) is 28.7 Å². The van der Waals surface area contributed by atoms with Crippen molar-refractivity contribution in [2.45, 2.75) is 12.8 Å². The highest BCUT2D eigenvalue weighted by molar-refractivity contribution is 14.1. The molecule has 0 bridgehead atoms. The van der Waals surface area contributed by atoms with Gasteiger partial charge in [-0.3, -0.25) is 0 Å². The average molecular weight is 240 g/mol. The number of halogens is 2. The zero-order chi connectivity index (χ0) is 5.98. The highest BCUT2D eigenvalue weighted by Crippen LogP contribution is 2.26. The molecule has 0 amide bonds. The Kier molecular flexibility index (Phi) is 2.38. The third kappa shape index (κ3) is 1.49. The lowest BCUT2D eigenvalue weighted by Crippen LogP contribution is -1.80. The summed E-state index contributed by atoms with van der Waals surface area (Å²) in [5.41, 5.74) is 0. The summed E-state index contributed by atoms with van der Waals surface area (Å²) in [7, 11) is 0. The van der Waals surface area contributed by atoms with Gasteiger partial charge < -0.3 is 0 Å². The van der Waals surface area contributed by atoms with Crippen LogP contribution in [0.3, 0.4) is 0 Å². The van der Waals surface area contributed by atoms with Gasteiger partial charge in [0.25, 0.3) is 0 Å². The first-order valence-corrected chi connectivity index (χ1v) is 3.97. The van der Waals surface area contributed by atoms with E-state index in [-0.39, 0.29) is 0 Å². The zero-order valence-electron chi connectivity index (χ0n) is 4.32. The fourth-order valence-corrected chi connectivity index (χ4v) is 1.28. The van der Waals surface area contributed by atoms with Gasteiger partial charge in [0.1, 0.15) is 0 Å². The van der Waals surface area contributed by atoms with Crippen LogP contribution in [0.2, 0.25) is 0 Å². The number of rotatable bonds is 0. The molecule has 0 radical (unpaired) electrons. The van der Waals surface area contributed by atoms with E-state index < -0.39 is 0 Å². The molecule has 0 saturated heterocycles. The normalized spacial score (nSPS) is 19.8. The summed E-state index contributed by atoms with van der Waals surface area (Å²) in [6.07, 6.45) is 6.34.